The number of methoxy groups -OCH3 is 1. The molecule has 0 bridgehead atoms. The van der Waals surface area contributed by atoms with Crippen LogP contribution in [0.4, 0.5) is 0 Å². The van der Waals surface area contributed by atoms with Gasteiger partial charge < -0.3 is 20.5 Å². The van der Waals surface area contributed by atoms with Crippen LogP contribution in [0.1, 0.15) is 25.7 Å². The second kappa shape index (κ2) is 6.13. The normalized spacial score (nSPS) is 26.0. The highest BCUT2D eigenvalue weighted by molar-refractivity contribution is 5.84. The Morgan fingerprint density at radius 1 is 1.35 bits per heavy atom. The SMILES string of the molecule is CNC1(C(N)=O)CCCC(Oc2ccc(OC)cc2)C1. The summed E-state index contributed by atoms with van der Waals surface area (Å²) in [7, 11) is 3.41. The number of ether oxygens (including phenoxy) is 2. The quantitative estimate of drug-likeness (QED) is 0.855. The van der Waals surface area contributed by atoms with E-state index in [1.165, 1.54) is 0 Å². The van der Waals surface area contributed by atoms with Gasteiger partial charge in [-0.25, -0.2) is 0 Å². The molecule has 5 nitrogen and oxygen atoms in total. The Kier molecular flexibility index (Phi) is 4.49. The number of nitrogens with one attached hydrogen (secondary N) is 1. The van der Waals surface area contributed by atoms with Gasteiger partial charge in [0.15, 0.2) is 0 Å². The van der Waals surface area contributed by atoms with Crippen molar-refractivity contribution in [3.63, 3.8) is 0 Å². The van der Waals surface area contributed by atoms with Crippen molar-refractivity contribution in [2.75, 3.05) is 14.2 Å². The fourth-order valence-electron chi connectivity index (χ4n) is 2.75. The van der Waals surface area contributed by atoms with Crippen LogP contribution in [0.15, 0.2) is 24.3 Å². The summed E-state index contributed by atoms with van der Waals surface area (Å²) in [5, 5.41) is 3.08. The predicted molar refractivity (Wildman–Crippen MR) is 76.9 cm³/mol. The van der Waals surface area contributed by atoms with Crippen molar-refractivity contribution in [2.24, 2.45) is 5.73 Å². The second-order valence-electron chi connectivity index (χ2n) is 5.21. The highest BCUT2D eigenvalue weighted by Crippen LogP contribution is 2.31. The Labute approximate surface area is 119 Å². The van der Waals surface area contributed by atoms with E-state index < -0.39 is 5.54 Å². The maximum atomic E-state index is 11.7. The first-order valence-electron chi connectivity index (χ1n) is 6.89. The molecule has 20 heavy (non-hydrogen) atoms. The van der Waals surface area contributed by atoms with E-state index in [1.807, 2.05) is 24.3 Å². The number of amides is 1. The highest BCUT2D eigenvalue weighted by atomic mass is 16.5. The average Bonchev–Trinajstić information content (AvgIpc) is 2.48. The molecule has 1 aliphatic rings. The standard InChI is InChI=1S/C15H22N2O3/c1-17-15(14(16)18)9-3-4-13(10-15)20-12-7-5-11(19-2)6-8-12/h5-8,13,17H,3-4,9-10H2,1-2H3,(H2,16,18). The molecule has 2 unspecified atom stereocenters. The number of carbonyl (C=O) groups excluding carboxylic acids is 1. The first-order chi connectivity index (χ1) is 9.59. The molecule has 5 heteroatoms. The summed E-state index contributed by atoms with van der Waals surface area (Å²) < 4.78 is 11.1. The molecular formula is C15H22N2O3. The van der Waals surface area contributed by atoms with Crippen molar-refractivity contribution in [1.82, 2.24) is 5.32 Å². The molecule has 0 spiro atoms. The molecule has 1 amide bonds. The number of rotatable bonds is 5. The topological polar surface area (TPSA) is 73.6 Å². The molecule has 0 aromatic heterocycles. The van der Waals surface area contributed by atoms with Crippen LogP contribution in [0.25, 0.3) is 0 Å². The molecule has 1 aliphatic carbocycles. The Hall–Kier alpha value is -1.75. The summed E-state index contributed by atoms with van der Waals surface area (Å²) in [6, 6.07) is 7.46. The van der Waals surface area contributed by atoms with Crippen LogP contribution in [0.2, 0.25) is 0 Å². The van der Waals surface area contributed by atoms with Crippen LogP contribution in [0.3, 0.4) is 0 Å². The van der Waals surface area contributed by atoms with E-state index in [9.17, 15) is 4.79 Å². The van der Waals surface area contributed by atoms with E-state index in [4.69, 9.17) is 15.2 Å². The predicted octanol–water partition coefficient (Wildman–Crippen LogP) is 1.46. The van der Waals surface area contributed by atoms with Crippen molar-refractivity contribution in [1.29, 1.82) is 0 Å². The van der Waals surface area contributed by atoms with E-state index in [2.05, 4.69) is 5.32 Å². The Bertz CT molecular complexity index is 461. The lowest BCUT2D eigenvalue weighted by Gasteiger charge is -2.38. The molecular weight excluding hydrogens is 256 g/mol. The van der Waals surface area contributed by atoms with Gasteiger partial charge in [-0.15, -0.1) is 0 Å². The van der Waals surface area contributed by atoms with E-state index in [1.54, 1.807) is 14.2 Å². The van der Waals surface area contributed by atoms with Crippen LogP contribution in [-0.4, -0.2) is 31.7 Å². The number of hydrogen-bond donors (Lipinski definition) is 2. The molecule has 110 valence electrons. The average molecular weight is 278 g/mol. The molecule has 0 aliphatic heterocycles. The minimum absolute atomic E-state index is 0.00269. The van der Waals surface area contributed by atoms with Crippen molar-refractivity contribution >= 4 is 5.91 Å². The van der Waals surface area contributed by atoms with Gasteiger partial charge in [0.1, 0.15) is 23.1 Å². The molecule has 1 aromatic rings. The smallest absolute Gasteiger partial charge is 0.237 e. The Balaban J connectivity index is 2.03. The number of likely N-dealkylation sites (N-methyl/N-ethyl adjacent to an activating group) is 1. The molecule has 2 rings (SSSR count). The second-order valence-corrected chi connectivity index (χ2v) is 5.21. The van der Waals surface area contributed by atoms with Gasteiger partial charge in [0, 0.05) is 6.42 Å². The van der Waals surface area contributed by atoms with Crippen LogP contribution in [0.5, 0.6) is 11.5 Å². The van der Waals surface area contributed by atoms with Crippen LogP contribution < -0.4 is 20.5 Å². The van der Waals surface area contributed by atoms with E-state index in [0.29, 0.717) is 6.42 Å². The fourth-order valence-corrected chi connectivity index (χ4v) is 2.75. The summed E-state index contributed by atoms with van der Waals surface area (Å²) in [4.78, 5) is 11.7. The number of hydrogen-bond acceptors (Lipinski definition) is 4. The Morgan fingerprint density at radius 2 is 2.00 bits per heavy atom. The van der Waals surface area contributed by atoms with Crippen molar-refractivity contribution in [3.8, 4) is 11.5 Å². The lowest BCUT2D eigenvalue weighted by molar-refractivity contribution is -0.126. The molecule has 3 N–H and O–H groups in total. The summed E-state index contributed by atoms with van der Waals surface area (Å²) in [6.45, 7) is 0. The van der Waals surface area contributed by atoms with Crippen molar-refractivity contribution in [2.45, 2.75) is 37.3 Å². The summed E-state index contributed by atoms with van der Waals surface area (Å²) >= 11 is 0. The number of carbonyl (C=O) groups is 1. The largest absolute Gasteiger partial charge is 0.497 e. The van der Waals surface area contributed by atoms with E-state index in [0.717, 1.165) is 30.8 Å². The summed E-state index contributed by atoms with van der Waals surface area (Å²) in [6.07, 6.45) is 3.22. The minimum atomic E-state index is -0.643. The first-order valence-corrected chi connectivity index (χ1v) is 6.89. The number of benzene rings is 1. The van der Waals surface area contributed by atoms with Crippen LogP contribution >= 0.6 is 0 Å². The molecule has 2 atom stereocenters. The van der Waals surface area contributed by atoms with Gasteiger partial charge in [0.2, 0.25) is 5.91 Å². The van der Waals surface area contributed by atoms with Gasteiger partial charge in [0.25, 0.3) is 0 Å². The number of nitrogens with two attached hydrogens (primary N) is 1. The third-order valence-electron chi connectivity index (χ3n) is 4.02. The molecule has 0 saturated heterocycles. The summed E-state index contributed by atoms with van der Waals surface area (Å²) in [5.74, 6) is 1.28. The van der Waals surface area contributed by atoms with Crippen LogP contribution in [-0.2, 0) is 4.79 Å². The van der Waals surface area contributed by atoms with E-state index >= 15 is 0 Å². The van der Waals surface area contributed by atoms with Crippen molar-refractivity contribution < 1.29 is 14.3 Å². The lowest BCUT2D eigenvalue weighted by atomic mass is 9.79. The van der Waals surface area contributed by atoms with Gasteiger partial charge in [0.05, 0.1) is 7.11 Å². The number of primary amides is 1. The van der Waals surface area contributed by atoms with Gasteiger partial charge in [-0.1, -0.05) is 0 Å². The Morgan fingerprint density at radius 3 is 2.55 bits per heavy atom. The third-order valence-corrected chi connectivity index (χ3v) is 4.02. The fraction of sp³-hybridized carbons (Fsp3) is 0.533. The highest BCUT2D eigenvalue weighted by Gasteiger charge is 2.40. The van der Waals surface area contributed by atoms with Gasteiger partial charge >= 0.3 is 0 Å². The summed E-state index contributed by atoms with van der Waals surface area (Å²) in [5.41, 5.74) is 4.89. The van der Waals surface area contributed by atoms with Gasteiger partial charge in [-0.2, -0.15) is 0 Å². The van der Waals surface area contributed by atoms with Crippen molar-refractivity contribution in [3.05, 3.63) is 24.3 Å². The minimum Gasteiger partial charge on any atom is -0.497 e. The maximum absolute atomic E-state index is 11.7. The maximum Gasteiger partial charge on any atom is 0.237 e. The zero-order chi connectivity index (χ0) is 14.6. The van der Waals surface area contributed by atoms with Gasteiger partial charge in [-0.3, -0.25) is 4.79 Å². The zero-order valence-electron chi connectivity index (χ0n) is 12.0. The molecule has 0 radical (unpaired) electrons. The first kappa shape index (κ1) is 14.7. The third kappa shape index (κ3) is 3.04. The molecule has 1 fully saturated rings. The molecule has 1 aromatic carbocycles. The van der Waals surface area contributed by atoms with Gasteiger partial charge in [-0.05, 0) is 50.6 Å². The lowest BCUT2D eigenvalue weighted by Crippen LogP contribution is -2.58. The molecule has 1 saturated carbocycles. The molecule has 0 heterocycles. The monoisotopic (exact) mass is 278 g/mol. The van der Waals surface area contributed by atoms with E-state index in [-0.39, 0.29) is 12.0 Å². The zero-order valence-corrected chi connectivity index (χ0v) is 12.0. The van der Waals surface area contributed by atoms with Crippen LogP contribution in [0, 0.1) is 0 Å².